The minimum Gasteiger partial charge on any atom is -0.164 e. The minimum absolute atomic E-state index is 0. The summed E-state index contributed by atoms with van der Waals surface area (Å²) in [6.07, 6.45) is 5.83. The molecule has 0 atom stereocenters. The standard InChI is InChI=1S/C23H21Si.C21H17.Mg/c1-4-16-15-18-11-8-14-21(22(18)23(16)24(2)3)20-13-7-10-17-9-5-6-12-19(17)20;1-2-15-13-17-9-6-12-20(21(17)14-15)19-11-5-8-16-7-3-4-10-18(16)19;/h5-14H,4H2,1-3H3;3-14H,2H2,1H3;/q2*-1;+2. The summed E-state index contributed by atoms with van der Waals surface area (Å²) in [5.74, 6) is 0. The first kappa shape index (κ1) is 32.0. The molecule has 0 saturated carbocycles. The van der Waals surface area contributed by atoms with Crippen molar-refractivity contribution in [3.63, 3.8) is 0 Å². The van der Waals surface area contributed by atoms with E-state index in [0.29, 0.717) is 0 Å². The Bertz CT molecular complexity index is 2250. The molecule has 0 unspecified atom stereocenters. The molecule has 0 aliphatic heterocycles. The van der Waals surface area contributed by atoms with Gasteiger partial charge < -0.3 is 0 Å². The molecule has 0 fully saturated rings. The van der Waals surface area contributed by atoms with E-state index in [1.165, 1.54) is 76.8 Å². The molecule has 1 aliphatic rings. The van der Waals surface area contributed by atoms with Crippen molar-refractivity contribution in [2.45, 2.75) is 39.8 Å². The summed E-state index contributed by atoms with van der Waals surface area (Å²) in [5.41, 5.74) is 10.9. The van der Waals surface area contributed by atoms with Crippen LogP contribution in [-0.2, 0) is 6.42 Å². The Morgan fingerprint density at radius 3 is 1.70 bits per heavy atom. The quantitative estimate of drug-likeness (QED) is 0.136. The number of fused-ring (bicyclic) bond motifs is 4. The van der Waals surface area contributed by atoms with Gasteiger partial charge in [-0.25, -0.2) is 0 Å². The van der Waals surface area contributed by atoms with Crippen LogP contribution in [0.1, 0.15) is 37.0 Å². The molecule has 0 bridgehead atoms. The van der Waals surface area contributed by atoms with Crippen molar-refractivity contribution in [1.29, 1.82) is 0 Å². The second kappa shape index (κ2) is 13.8. The molecule has 7 aromatic carbocycles. The van der Waals surface area contributed by atoms with E-state index in [0.717, 1.165) is 12.8 Å². The number of hydrogen-bond donors (Lipinski definition) is 0. The van der Waals surface area contributed by atoms with Gasteiger partial charge in [-0.15, -0.1) is 69.0 Å². The fraction of sp³-hybridized carbons (Fsp3) is 0.136. The van der Waals surface area contributed by atoms with E-state index in [9.17, 15) is 0 Å². The van der Waals surface area contributed by atoms with Gasteiger partial charge >= 0.3 is 23.1 Å². The van der Waals surface area contributed by atoms with Crippen molar-refractivity contribution in [2.75, 3.05) is 0 Å². The van der Waals surface area contributed by atoms with Crippen LogP contribution in [0.3, 0.4) is 0 Å². The van der Waals surface area contributed by atoms with E-state index >= 15 is 0 Å². The Kier molecular flexibility index (Phi) is 9.60. The van der Waals surface area contributed by atoms with Crippen molar-refractivity contribution >= 4 is 68.9 Å². The fourth-order valence-electron chi connectivity index (χ4n) is 7.00. The third kappa shape index (κ3) is 5.86. The maximum Gasteiger partial charge on any atom is 2.00 e. The number of allylic oxidation sites excluding steroid dienone is 1. The third-order valence-electron chi connectivity index (χ3n) is 9.13. The smallest absolute Gasteiger partial charge is 0.164 e. The zero-order chi connectivity index (χ0) is 30.9. The predicted molar refractivity (Wildman–Crippen MR) is 205 cm³/mol. The molecule has 0 N–H and O–H groups in total. The largest absolute Gasteiger partial charge is 2.00 e. The van der Waals surface area contributed by atoms with Gasteiger partial charge in [0.1, 0.15) is 0 Å². The first-order valence-electron chi connectivity index (χ1n) is 16.2. The Labute approximate surface area is 291 Å². The van der Waals surface area contributed by atoms with E-state index < -0.39 is 8.41 Å². The summed E-state index contributed by atoms with van der Waals surface area (Å²) in [6, 6.07) is 48.4. The minimum atomic E-state index is -0.549. The molecule has 0 saturated heterocycles. The monoisotopic (exact) mass is 618 g/mol. The van der Waals surface area contributed by atoms with Crippen LogP contribution in [0.25, 0.3) is 54.6 Å². The molecule has 2 heteroatoms. The molecule has 220 valence electrons. The van der Waals surface area contributed by atoms with Crippen LogP contribution >= 0.6 is 0 Å². The predicted octanol–water partition coefficient (Wildman–Crippen LogP) is 11.4. The maximum absolute atomic E-state index is 3.68. The van der Waals surface area contributed by atoms with E-state index in [1.807, 2.05) is 0 Å². The molecule has 8 rings (SSSR count). The van der Waals surface area contributed by atoms with Gasteiger partial charge in [0, 0.05) is 0 Å². The SMILES string of the molecule is CCC1=[C-]c2cccc(-c3cccc4ccccc34)c2C1=[Si](C)C.CCc1cc2c(-c3cccc4ccccc34)cccc2[cH-]1.[Mg+2]. The maximum atomic E-state index is 3.68. The second-order valence-electron chi connectivity index (χ2n) is 12.1. The van der Waals surface area contributed by atoms with Crippen molar-refractivity contribution < 1.29 is 0 Å². The average molecular weight is 619 g/mol. The zero-order valence-electron chi connectivity index (χ0n) is 27.3. The number of rotatable bonds is 4. The van der Waals surface area contributed by atoms with Gasteiger partial charge in [0.15, 0.2) is 0 Å². The van der Waals surface area contributed by atoms with Crippen LogP contribution in [0, 0.1) is 6.08 Å². The average Bonchev–Trinajstić information content (AvgIpc) is 3.70. The summed E-state index contributed by atoms with van der Waals surface area (Å²) in [6.45, 7) is 9.25. The molecule has 0 heterocycles. The molecule has 46 heavy (non-hydrogen) atoms. The van der Waals surface area contributed by atoms with E-state index in [1.54, 1.807) is 5.17 Å². The molecule has 0 aromatic heterocycles. The molecule has 0 amide bonds. The topological polar surface area (TPSA) is 0 Å². The molecular formula is C44H38MgSi. The molecular weight excluding hydrogens is 581 g/mol. The Balaban J connectivity index is 0.000000159. The molecule has 0 radical (unpaired) electrons. The third-order valence-corrected chi connectivity index (χ3v) is 10.7. The molecule has 0 nitrogen and oxygen atoms in total. The summed E-state index contributed by atoms with van der Waals surface area (Å²) < 4.78 is 0. The van der Waals surface area contributed by atoms with Crippen LogP contribution < -0.4 is 0 Å². The van der Waals surface area contributed by atoms with Crippen LogP contribution in [0.5, 0.6) is 0 Å². The molecule has 1 aliphatic carbocycles. The summed E-state index contributed by atoms with van der Waals surface area (Å²) >= 11 is 0. The van der Waals surface area contributed by atoms with Crippen molar-refractivity contribution in [3.8, 4) is 22.3 Å². The zero-order valence-corrected chi connectivity index (χ0v) is 29.7. The number of benzene rings is 6. The number of hydrogen-bond acceptors (Lipinski definition) is 0. The van der Waals surface area contributed by atoms with Crippen molar-refractivity contribution in [1.82, 2.24) is 0 Å². The summed E-state index contributed by atoms with van der Waals surface area (Å²) in [7, 11) is -0.549. The van der Waals surface area contributed by atoms with Crippen LogP contribution in [-0.4, -0.2) is 36.6 Å². The Hall–Kier alpha value is -3.96. The van der Waals surface area contributed by atoms with Crippen LogP contribution in [0.15, 0.2) is 139 Å². The normalized spacial score (nSPS) is 12.0. The van der Waals surface area contributed by atoms with Gasteiger partial charge in [-0.2, -0.15) is 11.6 Å². The van der Waals surface area contributed by atoms with Crippen LogP contribution in [0.2, 0.25) is 13.1 Å². The molecule has 7 aromatic rings. The van der Waals surface area contributed by atoms with Gasteiger partial charge in [-0.1, -0.05) is 135 Å². The molecule has 0 spiro atoms. The first-order valence-corrected chi connectivity index (χ1v) is 18.7. The first-order chi connectivity index (χ1) is 22.1. The summed E-state index contributed by atoms with van der Waals surface area (Å²) in [5, 5.41) is 9.54. The van der Waals surface area contributed by atoms with Crippen molar-refractivity contribution in [3.05, 3.63) is 162 Å². The van der Waals surface area contributed by atoms with Crippen LogP contribution in [0.4, 0.5) is 0 Å². The Morgan fingerprint density at radius 2 is 1.09 bits per heavy atom. The number of aryl methyl sites for hydroxylation is 1. The van der Waals surface area contributed by atoms with E-state index in [2.05, 4.69) is 166 Å². The fourth-order valence-corrected chi connectivity index (χ4v) is 8.61. The van der Waals surface area contributed by atoms with Gasteiger partial charge in [0.2, 0.25) is 0 Å². The van der Waals surface area contributed by atoms with E-state index in [-0.39, 0.29) is 23.1 Å². The summed E-state index contributed by atoms with van der Waals surface area (Å²) in [4.78, 5) is 0. The second-order valence-corrected chi connectivity index (χ2v) is 14.6. The van der Waals surface area contributed by atoms with Gasteiger partial charge in [-0.3, -0.25) is 0 Å². The van der Waals surface area contributed by atoms with Gasteiger partial charge in [0.05, 0.1) is 0 Å². The van der Waals surface area contributed by atoms with Gasteiger partial charge in [0.25, 0.3) is 0 Å². The van der Waals surface area contributed by atoms with Gasteiger partial charge in [-0.05, 0) is 53.9 Å². The van der Waals surface area contributed by atoms with Crippen molar-refractivity contribution in [2.24, 2.45) is 0 Å². The Morgan fingerprint density at radius 1 is 0.565 bits per heavy atom. The van der Waals surface area contributed by atoms with E-state index in [4.69, 9.17) is 0 Å².